The molecule has 0 aliphatic carbocycles. The summed E-state index contributed by atoms with van der Waals surface area (Å²) >= 11 is 5.38. The zero-order valence-corrected chi connectivity index (χ0v) is 18.0. The Labute approximate surface area is 165 Å². The molecule has 1 fully saturated rings. The topological polar surface area (TPSA) is 77.1 Å². The number of nitrogens with one attached hydrogen (secondary N) is 1. The summed E-state index contributed by atoms with van der Waals surface area (Å²) in [6.45, 7) is 9.21. The van der Waals surface area contributed by atoms with Gasteiger partial charge in [-0.05, 0) is 52.4 Å². The SMILES string of the molecule is CCOP(=O)(OCC)[C@@H]1NC(=S)N(C(=O)OC(C)(C)C)[C@H]1c1ccccc1. The highest BCUT2D eigenvalue weighted by Gasteiger charge is 2.53. The van der Waals surface area contributed by atoms with Crippen molar-refractivity contribution in [3.05, 3.63) is 35.9 Å². The lowest BCUT2D eigenvalue weighted by Crippen LogP contribution is -2.40. The van der Waals surface area contributed by atoms with E-state index in [1.54, 1.807) is 34.6 Å². The van der Waals surface area contributed by atoms with Crippen molar-refractivity contribution in [3.8, 4) is 0 Å². The molecule has 1 aromatic carbocycles. The largest absolute Gasteiger partial charge is 0.443 e. The highest BCUT2D eigenvalue weighted by Crippen LogP contribution is 2.58. The third-order valence-corrected chi connectivity index (χ3v) is 6.40. The maximum atomic E-state index is 13.5. The quantitative estimate of drug-likeness (QED) is 0.544. The Bertz CT molecular complexity index is 712. The van der Waals surface area contributed by atoms with Gasteiger partial charge in [-0.2, -0.15) is 0 Å². The number of carbonyl (C=O) groups is 1. The summed E-state index contributed by atoms with van der Waals surface area (Å²) in [7, 11) is -3.60. The predicted molar refractivity (Wildman–Crippen MR) is 108 cm³/mol. The summed E-state index contributed by atoms with van der Waals surface area (Å²) in [6, 6.07) is 8.54. The number of benzene rings is 1. The van der Waals surface area contributed by atoms with Gasteiger partial charge < -0.3 is 19.1 Å². The minimum absolute atomic E-state index is 0.128. The van der Waals surface area contributed by atoms with E-state index in [1.807, 2.05) is 30.3 Å². The smallest absolute Gasteiger partial charge is 0.417 e. The molecule has 2 atom stereocenters. The number of nitrogens with zero attached hydrogens (tertiary/aromatic N) is 1. The second-order valence-corrected chi connectivity index (χ2v) is 9.51. The summed E-state index contributed by atoms with van der Waals surface area (Å²) in [5.74, 6) is -0.834. The first-order chi connectivity index (χ1) is 12.6. The van der Waals surface area contributed by atoms with Gasteiger partial charge >= 0.3 is 13.7 Å². The summed E-state index contributed by atoms with van der Waals surface area (Å²) in [6.07, 6.45) is -0.615. The normalized spacial score (nSPS) is 20.5. The summed E-state index contributed by atoms with van der Waals surface area (Å²) in [5.41, 5.74) is 0.0515. The van der Waals surface area contributed by atoms with Gasteiger partial charge in [-0.25, -0.2) is 9.69 Å². The molecule has 1 heterocycles. The number of thiocarbonyl (C=S) groups is 1. The molecular weight excluding hydrogens is 387 g/mol. The first-order valence-electron chi connectivity index (χ1n) is 8.89. The Balaban J connectivity index is 2.50. The zero-order chi connectivity index (χ0) is 20.2. The Morgan fingerprint density at radius 1 is 1.19 bits per heavy atom. The molecule has 1 aromatic rings. The summed E-state index contributed by atoms with van der Waals surface area (Å²) in [4.78, 5) is 14.2. The van der Waals surface area contributed by atoms with Crippen LogP contribution in [0.25, 0.3) is 0 Å². The van der Waals surface area contributed by atoms with E-state index >= 15 is 0 Å². The lowest BCUT2D eigenvalue weighted by Gasteiger charge is -2.31. The van der Waals surface area contributed by atoms with Crippen LogP contribution >= 0.6 is 19.8 Å². The molecule has 1 aliphatic heterocycles. The highest BCUT2D eigenvalue weighted by atomic mass is 32.1. The van der Waals surface area contributed by atoms with Gasteiger partial charge in [0.1, 0.15) is 5.60 Å². The molecule has 150 valence electrons. The molecule has 2 rings (SSSR count). The van der Waals surface area contributed by atoms with E-state index in [0.717, 1.165) is 5.56 Å². The van der Waals surface area contributed by atoms with E-state index < -0.39 is 31.1 Å². The number of carbonyl (C=O) groups excluding carboxylic acids is 1. The number of amides is 1. The van der Waals surface area contributed by atoms with Crippen molar-refractivity contribution in [1.29, 1.82) is 0 Å². The van der Waals surface area contributed by atoms with E-state index in [2.05, 4.69) is 5.32 Å². The van der Waals surface area contributed by atoms with Gasteiger partial charge in [0.2, 0.25) is 0 Å². The van der Waals surface area contributed by atoms with Gasteiger partial charge in [-0.15, -0.1) is 0 Å². The van der Waals surface area contributed by atoms with Crippen LogP contribution in [0.5, 0.6) is 0 Å². The minimum Gasteiger partial charge on any atom is -0.443 e. The van der Waals surface area contributed by atoms with E-state index in [9.17, 15) is 9.36 Å². The molecule has 7 nitrogen and oxygen atoms in total. The van der Waals surface area contributed by atoms with Gasteiger partial charge in [0.05, 0.1) is 19.3 Å². The fourth-order valence-corrected chi connectivity index (χ4v) is 5.29. The van der Waals surface area contributed by atoms with Crippen LogP contribution in [0.4, 0.5) is 4.79 Å². The fraction of sp³-hybridized carbons (Fsp3) is 0.556. The summed E-state index contributed by atoms with van der Waals surface area (Å²) < 4.78 is 30.0. The molecule has 0 radical (unpaired) electrons. The van der Waals surface area contributed by atoms with E-state index in [-0.39, 0.29) is 18.3 Å². The number of hydrogen-bond donors (Lipinski definition) is 1. The van der Waals surface area contributed by atoms with Crippen LogP contribution < -0.4 is 5.32 Å². The molecule has 0 spiro atoms. The van der Waals surface area contributed by atoms with Crippen molar-refractivity contribution >= 4 is 31.0 Å². The lowest BCUT2D eigenvalue weighted by molar-refractivity contribution is 0.0330. The van der Waals surface area contributed by atoms with Gasteiger partial charge in [0.25, 0.3) is 0 Å². The minimum atomic E-state index is -3.60. The Hall–Kier alpha value is -1.47. The van der Waals surface area contributed by atoms with Crippen molar-refractivity contribution in [2.45, 2.75) is 52.0 Å². The third kappa shape index (κ3) is 5.08. The number of rotatable bonds is 6. The van der Waals surface area contributed by atoms with E-state index in [1.165, 1.54) is 4.90 Å². The van der Waals surface area contributed by atoms with Gasteiger partial charge in [-0.3, -0.25) is 4.57 Å². The van der Waals surface area contributed by atoms with Crippen LogP contribution in [0.1, 0.15) is 46.2 Å². The summed E-state index contributed by atoms with van der Waals surface area (Å²) in [5, 5.41) is 3.10. The first kappa shape index (κ1) is 21.8. The van der Waals surface area contributed by atoms with Crippen LogP contribution in [0.15, 0.2) is 30.3 Å². The highest BCUT2D eigenvalue weighted by molar-refractivity contribution is 7.80. The molecular formula is C18H27N2O5PS. The maximum Gasteiger partial charge on any atom is 0.417 e. The van der Waals surface area contributed by atoms with Crippen molar-refractivity contribution in [2.24, 2.45) is 0 Å². The average Bonchev–Trinajstić information content (AvgIpc) is 2.93. The van der Waals surface area contributed by atoms with Crippen LogP contribution in [0.2, 0.25) is 0 Å². The molecule has 1 aliphatic rings. The maximum absolute atomic E-state index is 13.5. The second kappa shape index (κ2) is 8.69. The molecule has 1 N–H and O–H groups in total. The molecule has 27 heavy (non-hydrogen) atoms. The van der Waals surface area contributed by atoms with E-state index in [4.69, 9.17) is 26.0 Å². The lowest BCUT2D eigenvalue weighted by atomic mass is 10.1. The molecule has 9 heteroatoms. The Morgan fingerprint density at radius 2 is 1.74 bits per heavy atom. The van der Waals surface area contributed by atoms with Gasteiger partial charge in [0, 0.05) is 0 Å². The monoisotopic (exact) mass is 414 g/mol. The van der Waals surface area contributed by atoms with Crippen LogP contribution in [0, 0.1) is 0 Å². The Morgan fingerprint density at radius 3 is 2.22 bits per heavy atom. The van der Waals surface area contributed by atoms with Crippen molar-refractivity contribution in [1.82, 2.24) is 10.2 Å². The third-order valence-electron chi connectivity index (χ3n) is 3.76. The molecule has 0 unspecified atom stereocenters. The average molecular weight is 414 g/mol. The zero-order valence-electron chi connectivity index (χ0n) is 16.3. The van der Waals surface area contributed by atoms with Crippen LogP contribution in [0.3, 0.4) is 0 Å². The van der Waals surface area contributed by atoms with E-state index in [0.29, 0.717) is 0 Å². The van der Waals surface area contributed by atoms with Crippen molar-refractivity contribution < 1.29 is 23.1 Å². The standard InChI is InChI=1S/C18H27N2O5PS/c1-6-23-26(22,24-7-2)15-14(13-11-9-8-10-12-13)20(16(27)19-15)17(21)25-18(3,4)5/h8-12,14-15H,6-7H2,1-5H3,(H,19,27)/t14-,15-/m0/s1. The van der Waals surface area contributed by atoms with Gasteiger partial charge in [0.15, 0.2) is 10.9 Å². The number of ether oxygens (including phenoxy) is 1. The molecule has 0 aromatic heterocycles. The molecule has 0 bridgehead atoms. The Kier molecular flexibility index (Phi) is 7.03. The van der Waals surface area contributed by atoms with Crippen molar-refractivity contribution in [3.63, 3.8) is 0 Å². The number of hydrogen-bond acceptors (Lipinski definition) is 6. The van der Waals surface area contributed by atoms with Gasteiger partial charge in [-0.1, -0.05) is 30.3 Å². The predicted octanol–water partition coefficient (Wildman–Crippen LogP) is 4.45. The molecule has 0 saturated carbocycles. The first-order valence-corrected chi connectivity index (χ1v) is 10.9. The second-order valence-electron chi connectivity index (χ2n) is 6.98. The molecule has 1 amide bonds. The van der Waals surface area contributed by atoms with Crippen LogP contribution in [-0.4, -0.2) is 40.7 Å². The fourth-order valence-electron chi connectivity index (χ4n) is 2.84. The van der Waals surface area contributed by atoms with Crippen LogP contribution in [-0.2, 0) is 18.3 Å². The van der Waals surface area contributed by atoms with Crippen molar-refractivity contribution in [2.75, 3.05) is 13.2 Å². The molecule has 1 saturated heterocycles.